The first-order valence-electron chi connectivity index (χ1n) is 7.79. The van der Waals surface area contributed by atoms with E-state index in [1.807, 2.05) is 0 Å². The summed E-state index contributed by atoms with van der Waals surface area (Å²) in [7, 11) is 0. The number of nitrogens with one attached hydrogen (secondary N) is 2. The number of carbonyl (C=O) groups excluding carboxylic acids is 2. The first-order valence-corrected chi connectivity index (χ1v) is 7.79. The van der Waals surface area contributed by atoms with E-state index in [4.69, 9.17) is 5.11 Å². The van der Waals surface area contributed by atoms with Gasteiger partial charge in [0.1, 0.15) is 11.5 Å². The molecular formula is C19H17FN2O4. The minimum absolute atomic E-state index is 0.0733. The molecule has 0 aliphatic carbocycles. The van der Waals surface area contributed by atoms with Crippen LogP contribution in [-0.4, -0.2) is 29.4 Å². The van der Waals surface area contributed by atoms with Gasteiger partial charge < -0.3 is 15.7 Å². The van der Waals surface area contributed by atoms with Gasteiger partial charge in [-0.2, -0.15) is 0 Å². The molecule has 0 spiro atoms. The minimum Gasteiger partial charge on any atom is -0.481 e. The van der Waals surface area contributed by atoms with Crippen LogP contribution in [0.4, 0.5) is 4.39 Å². The predicted octanol–water partition coefficient (Wildman–Crippen LogP) is 2.19. The monoisotopic (exact) mass is 356 g/mol. The highest BCUT2D eigenvalue weighted by atomic mass is 19.1. The Hall–Kier alpha value is -3.48. The van der Waals surface area contributed by atoms with Crippen molar-refractivity contribution in [3.8, 4) is 0 Å². The number of aliphatic carboxylic acids is 1. The molecule has 26 heavy (non-hydrogen) atoms. The summed E-state index contributed by atoms with van der Waals surface area (Å²) in [6.07, 6.45) is 1.14. The van der Waals surface area contributed by atoms with Crippen molar-refractivity contribution in [2.24, 2.45) is 0 Å². The van der Waals surface area contributed by atoms with E-state index < -0.39 is 23.6 Å². The normalized spacial score (nSPS) is 10.9. The molecule has 2 amide bonds. The van der Waals surface area contributed by atoms with Crippen LogP contribution < -0.4 is 10.6 Å². The van der Waals surface area contributed by atoms with Gasteiger partial charge in [-0.3, -0.25) is 14.4 Å². The highest BCUT2D eigenvalue weighted by Gasteiger charge is 2.14. The van der Waals surface area contributed by atoms with Crippen LogP contribution in [0.25, 0.3) is 6.08 Å². The van der Waals surface area contributed by atoms with Crippen molar-refractivity contribution >= 4 is 23.9 Å². The zero-order chi connectivity index (χ0) is 18.9. The molecule has 134 valence electrons. The van der Waals surface area contributed by atoms with Crippen LogP contribution in [0, 0.1) is 5.82 Å². The first-order chi connectivity index (χ1) is 12.5. The van der Waals surface area contributed by atoms with Crippen LogP contribution in [0.5, 0.6) is 0 Å². The molecule has 2 rings (SSSR count). The van der Waals surface area contributed by atoms with Crippen molar-refractivity contribution in [1.82, 2.24) is 10.6 Å². The standard InChI is InChI=1S/C19H17FN2O4/c20-15-8-6-13(7-9-15)12-16(19(26)21-11-10-17(23)24)22-18(25)14-4-2-1-3-5-14/h1-9,12H,10-11H2,(H,21,26)(H,22,25)(H,23,24)/b16-12+. The third-order valence-corrected chi connectivity index (χ3v) is 3.33. The Morgan fingerprint density at radius 2 is 1.65 bits per heavy atom. The Balaban J connectivity index is 2.20. The molecule has 0 aromatic heterocycles. The summed E-state index contributed by atoms with van der Waals surface area (Å²) in [4.78, 5) is 35.2. The molecule has 2 aromatic carbocycles. The lowest BCUT2D eigenvalue weighted by Crippen LogP contribution is -2.35. The van der Waals surface area contributed by atoms with Gasteiger partial charge in [0.05, 0.1) is 6.42 Å². The van der Waals surface area contributed by atoms with Gasteiger partial charge in [-0.05, 0) is 35.9 Å². The molecule has 0 radical (unpaired) electrons. The molecule has 6 nitrogen and oxygen atoms in total. The Labute approximate surface area is 149 Å². The van der Waals surface area contributed by atoms with E-state index >= 15 is 0 Å². The summed E-state index contributed by atoms with van der Waals surface area (Å²) in [6.45, 7) is -0.0872. The second-order valence-electron chi connectivity index (χ2n) is 5.33. The van der Waals surface area contributed by atoms with Gasteiger partial charge in [0.15, 0.2) is 0 Å². The highest BCUT2D eigenvalue weighted by Crippen LogP contribution is 2.09. The summed E-state index contributed by atoms with van der Waals surface area (Å²) in [6, 6.07) is 13.7. The van der Waals surface area contributed by atoms with Gasteiger partial charge in [0, 0.05) is 12.1 Å². The van der Waals surface area contributed by atoms with E-state index in [1.165, 1.54) is 30.3 Å². The average molecular weight is 356 g/mol. The van der Waals surface area contributed by atoms with Gasteiger partial charge in [-0.25, -0.2) is 4.39 Å². The lowest BCUT2D eigenvalue weighted by molar-refractivity contribution is -0.136. The Morgan fingerprint density at radius 1 is 1.00 bits per heavy atom. The molecule has 0 aliphatic rings. The summed E-state index contributed by atoms with van der Waals surface area (Å²) < 4.78 is 13.0. The Kier molecular flexibility index (Phi) is 6.61. The number of carboxylic acids is 1. The van der Waals surface area contributed by atoms with Crippen molar-refractivity contribution in [3.05, 3.63) is 77.2 Å². The highest BCUT2D eigenvalue weighted by molar-refractivity contribution is 6.05. The van der Waals surface area contributed by atoms with Crippen LogP contribution in [0.15, 0.2) is 60.3 Å². The summed E-state index contributed by atoms with van der Waals surface area (Å²) in [5.41, 5.74) is 0.787. The molecule has 0 saturated heterocycles. The summed E-state index contributed by atoms with van der Waals surface area (Å²) in [5, 5.41) is 13.6. The van der Waals surface area contributed by atoms with Gasteiger partial charge in [0.2, 0.25) is 0 Å². The smallest absolute Gasteiger partial charge is 0.305 e. The number of carboxylic acid groups (broad SMARTS) is 1. The molecule has 0 fully saturated rings. The SMILES string of the molecule is O=C(O)CCNC(=O)/C(=C\c1ccc(F)cc1)NC(=O)c1ccccc1. The molecule has 0 atom stereocenters. The lowest BCUT2D eigenvalue weighted by atomic mass is 10.1. The number of hydrogen-bond acceptors (Lipinski definition) is 3. The van der Waals surface area contributed by atoms with Crippen molar-refractivity contribution in [3.63, 3.8) is 0 Å². The topological polar surface area (TPSA) is 95.5 Å². The van der Waals surface area contributed by atoms with E-state index in [0.29, 0.717) is 11.1 Å². The van der Waals surface area contributed by atoms with E-state index in [2.05, 4.69) is 10.6 Å². The Bertz CT molecular complexity index is 817. The number of benzene rings is 2. The molecule has 7 heteroatoms. The largest absolute Gasteiger partial charge is 0.481 e. The molecule has 0 bridgehead atoms. The third-order valence-electron chi connectivity index (χ3n) is 3.33. The van der Waals surface area contributed by atoms with Crippen LogP contribution in [0.1, 0.15) is 22.3 Å². The minimum atomic E-state index is -1.05. The third kappa shape index (κ3) is 5.86. The summed E-state index contributed by atoms with van der Waals surface area (Å²) >= 11 is 0. The molecule has 0 heterocycles. The van der Waals surface area contributed by atoms with Gasteiger partial charge in [0.25, 0.3) is 11.8 Å². The first kappa shape index (κ1) is 18.9. The quantitative estimate of drug-likeness (QED) is 0.663. The number of carbonyl (C=O) groups is 3. The molecule has 2 aromatic rings. The fraction of sp³-hybridized carbons (Fsp3) is 0.105. The van der Waals surface area contributed by atoms with Gasteiger partial charge >= 0.3 is 5.97 Å². The molecule has 0 saturated carbocycles. The Morgan fingerprint density at radius 3 is 2.27 bits per heavy atom. The van der Waals surface area contributed by atoms with Crippen LogP contribution in [-0.2, 0) is 9.59 Å². The maximum Gasteiger partial charge on any atom is 0.305 e. The van der Waals surface area contributed by atoms with Crippen molar-refractivity contribution in [2.75, 3.05) is 6.54 Å². The second-order valence-corrected chi connectivity index (χ2v) is 5.33. The average Bonchev–Trinajstić information content (AvgIpc) is 2.63. The van der Waals surface area contributed by atoms with Crippen LogP contribution in [0.3, 0.4) is 0 Å². The zero-order valence-electron chi connectivity index (χ0n) is 13.7. The molecular weight excluding hydrogens is 339 g/mol. The lowest BCUT2D eigenvalue weighted by Gasteiger charge is -2.11. The summed E-state index contributed by atoms with van der Waals surface area (Å²) in [5.74, 6) is -2.61. The number of amides is 2. The molecule has 0 unspecified atom stereocenters. The van der Waals surface area contributed by atoms with Crippen molar-refractivity contribution in [2.45, 2.75) is 6.42 Å². The number of hydrogen-bond donors (Lipinski definition) is 3. The van der Waals surface area contributed by atoms with Gasteiger partial charge in [-0.1, -0.05) is 30.3 Å². The van der Waals surface area contributed by atoms with E-state index in [-0.39, 0.29) is 18.7 Å². The van der Waals surface area contributed by atoms with Crippen molar-refractivity contribution < 1.29 is 23.9 Å². The van der Waals surface area contributed by atoms with E-state index in [9.17, 15) is 18.8 Å². The number of rotatable bonds is 7. The molecule has 3 N–H and O–H groups in total. The van der Waals surface area contributed by atoms with Crippen LogP contribution in [0.2, 0.25) is 0 Å². The fourth-order valence-electron chi connectivity index (χ4n) is 2.05. The van der Waals surface area contributed by atoms with E-state index in [0.717, 1.165) is 0 Å². The van der Waals surface area contributed by atoms with E-state index in [1.54, 1.807) is 30.3 Å². The molecule has 0 aliphatic heterocycles. The number of halogens is 1. The zero-order valence-corrected chi connectivity index (χ0v) is 13.7. The van der Waals surface area contributed by atoms with Crippen molar-refractivity contribution in [1.29, 1.82) is 0 Å². The van der Waals surface area contributed by atoms with Gasteiger partial charge in [-0.15, -0.1) is 0 Å². The predicted molar refractivity (Wildman–Crippen MR) is 93.5 cm³/mol. The maximum atomic E-state index is 13.0. The van der Waals surface area contributed by atoms with Crippen LogP contribution >= 0.6 is 0 Å². The maximum absolute atomic E-state index is 13.0. The second kappa shape index (κ2) is 9.12. The fourth-order valence-corrected chi connectivity index (χ4v) is 2.05.